The van der Waals surface area contributed by atoms with Gasteiger partial charge in [-0.3, -0.25) is 14.3 Å². The number of rotatable bonds is 7. The predicted octanol–water partition coefficient (Wildman–Crippen LogP) is 5.19. The lowest BCUT2D eigenvalue weighted by atomic mass is 10.1. The van der Waals surface area contributed by atoms with Gasteiger partial charge in [0, 0.05) is 36.3 Å². The molecule has 1 fully saturated rings. The molecule has 1 saturated heterocycles. The monoisotopic (exact) mass is 448 g/mol. The van der Waals surface area contributed by atoms with E-state index in [2.05, 4.69) is 17.3 Å². The van der Waals surface area contributed by atoms with Gasteiger partial charge < -0.3 is 10.2 Å². The predicted molar refractivity (Wildman–Crippen MR) is 121 cm³/mol. The SMILES string of the molecule is CCCCn1nc(C)c(/C=C/C(=O)Nc2cc(Cl)ccc2C(=O)N2CCCC2)c1Cl. The number of amides is 2. The maximum Gasteiger partial charge on any atom is 0.255 e. The molecule has 2 heterocycles. The van der Waals surface area contributed by atoms with Crippen molar-refractivity contribution in [3.8, 4) is 0 Å². The van der Waals surface area contributed by atoms with Crippen LogP contribution in [0.15, 0.2) is 24.3 Å². The van der Waals surface area contributed by atoms with E-state index in [0.29, 0.717) is 27.0 Å². The summed E-state index contributed by atoms with van der Waals surface area (Å²) in [7, 11) is 0. The molecule has 160 valence electrons. The van der Waals surface area contributed by atoms with Gasteiger partial charge in [-0.1, -0.05) is 36.5 Å². The van der Waals surface area contributed by atoms with Crippen LogP contribution in [0.2, 0.25) is 10.2 Å². The zero-order chi connectivity index (χ0) is 21.7. The first-order valence-corrected chi connectivity index (χ1v) is 11.0. The van der Waals surface area contributed by atoms with Crippen molar-refractivity contribution >= 4 is 46.8 Å². The number of unbranched alkanes of at least 4 members (excludes halogenated alkanes) is 1. The van der Waals surface area contributed by atoms with Gasteiger partial charge in [-0.15, -0.1) is 0 Å². The lowest BCUT2D eigenvalue weighted by Crippen LogP contribution is -2.28. The summed E-state index contributed by atoms with van der Waals surface area (Å²) < 4.78 is 1.75. The first-order valence-electron chi connectivity index (χ1n) is 10.2. The van der Waals surface area contributed by atoms with Gasteiger partial charge in [0.2, 0.25) is 5.91 Å². The van der Waals surface area contributed by atoms with Crippen LogP contribution in [-0.4, -0.2) is 39.6 Å². The van der Waals surface area contributed by atoms with E-state index >= 15 is 0 Å². The zero-order valence-electron chi connectivity index (χ0n) is 17.3. The topological polar surface area (TPSA) is 67.2 Å². The van der Waals surface area contributed by atoms with Crippen LogP contribution >= 0.6 is 23.2 Å². The summed E-state index contributed by atoms with van der Waals surface area (Å²) in [5.74, 6) is -0.468. The maximum absolute atomic E-state index is 12.8. The molecule has 0 bridgehead atoms. The van der Waals surface area contributed by atoms with E-state index in [1.165, 1.54) is 6.08 Å². The highest BCUT2D eigenvalue weighted by atomic mass is 35.5. The Morgan fingerprint density at radius 3 is 2.67 bits per heavy atom. The standard InChI is InChI=1S/C22H26Cl2N4O2/c1-3-4-13-28-21(24)17(15(2)26-28)9-10-20(29)25-19-14-16(23)7-8-18(19)22(30)27-11-5-6-12-27/h7-10,14H,3-6,11-13H2,1-2H3,(H,25,29)/b10-9+. The molecule has 1 aliphatic rings. The van der Waals surface area contributed by atoms with Crippen molar-refractivity contribution in [1.82, 2.24) is 14.7 Å². The van der Waals surface area contributed by atoms with Crippen molar-refractivity contribution < 1.29 is 9.59 Å². The second kappa shape index (κ2) is 10.1. The molecule has 1 N–H and O–H groups in total. The number of halogens is 2. The molecule has 0 saturated carbocycles. The largest absolute Gasteiger partial charge is 0.339 e. The molecule has 2 amide bonds. The fourth-order valence-corrected chi connectivity index (χ4v) is 3.94. The van der Waals surface area contributed by atoms with Crippen LogP contribution in [0, 0.1) is 6.92 Å². The van der Waals surface area contributed by atoms with Crippen LogP contribution in [0.25, 0.3) is 6.08 Å². The highest BCUT2D eigenvalue weighted by molar-refractivity contribution is 6.31. The Labute approximate surface area is 186 Å². The first kappa shape index (κ1) is 22.4. The van der Waals surface area contributed by atoms with Gasteiger partial charge in [-0.2, -0.15) is 5.10 Å². The van der Waals surface area contributed by atoms with Gasteiger partial charge in [0.1, 0.15) is 5.15 Å². The Morgan fingerprint density at radius 2 is 1.97 bits per heavy atom. The molecule has 0 aliphatic carbocycles. The first-order chi connectivity index (χ1) is 14.4. The average molecular weight is 449 g/mol. The van der Waals surface area contributed by atoms with Gasteiger partial charge in [0.05, 0.1) is 16.9 Å². The minimum absolute atomic E-state index is 0.0977. The average Bonchev–Trinajstić information content (AvgIpc) is 3.33. The second-order valence-electron chi connectivity index (χ2n) is 7.38. The molecule has 6 nitrogen and oxygen atoms in total. The number of hydrogen-bond acceptors (Lipinski definition) is 3. The molecular formula is C22H26Cl2N4O2. The van der Waals surface area contributed by atoms with Crippen molar-refractivity contribution in [2.75, 3.05) is 18.4 Å². The summed E-state index contributed by atoms with van der Waals surface area (Å²) in [4.78, 5) is 27.2. The molecule has 1 aliphatic heterocycles. The van der Waals surface area contributed by atoms with Crippen LogP contribution in [0.4, 0.5) is 5.69 Å². The third-order valence-corrected chi connectivity index (χ3v) is 5.73. The van der Waals surface area contributed by atoms with Crippen LogP contribution < -0.4 is 5.32 Å². The molecule has 0 spiro atoms. The summed E-state index contributed by atoms with van der Waals surface area (Å²) >= 11 is 12.5. The molecule has 1 aromatic heterocycles. The third-order valence-electron chi connectivity index (χ3n) is 5.10. The van der Waals surface area contributed by atoms with Gasteiger partial charge in [-0.05, 0) is 50.5 Å². The molecule has 8 heteroatoms. The number of nitrogens with one attached hydrogen (secondary N) is 1. The molecule has 0 unspecified atom stereocenters. The number of carbonyl (C=O) groups is 2. The van der Waals surface area contributed by atoms with Gasteiger partial charge in [0.15, 0.2) is 0 Å². The number of hydrogen-bond donors (Lipinski definition) is 1. The number of likely N-dealkylation sites (tertiary alicyclic amines) is 1. The summed E-state index contributed by atoms with van der Waals surface area (Å²) in [5.41, 5.74) is 2.30. The minimum atomic E-state index is -0.371. The van der Waals surface area contributed by atoms with Crippen LogP contribution in [0.3, 0.4) is 0 Å². The molecule has 2 aromatic rings. The van der Waals surface area contributed by atoms with Crippen molar-refractivity contribution in [2.24, 2.45) is 0 Å². The number of nitrogens with zero attached hydrogens (tertiary/aromatic N) is 3. The number of aryl methyl sites for hydroxylation is 2. The Bertz CT molecular complexity index is 962. The van der Waals surface area contributed by atoms with E-state index in [9.17, 15) is 9.59 Å². The van der Waals surface area contributed by atoms with Gasteiger partial charge in [0.25, 0.3) is 5.91 Å². The maximum atomic E-state index is 12.8. The Hall–Kier alpha value is -2.31. The van der Waals surface area contributed by atoms with E-state index in [1.54, 1.807) is 33.9 Å². The van der Waals surface area contributed by atoms with Gasteiger partial charge in [-0.25, -0.2) is 0 Å². The Balaban J connectivity index is 1.76. The fraction of sp³-hybridized carbons (Fsp3) is 0.409. The van der Waals surface area contributed by atoms with Crippen LogP contribution in [0.5, 0.6) is 0 Å². The van der Waals surface area contributed by atoms with Crippen molar-refractivity contribution in [1.29, 1.82) is 0 Å². The van der Waals surface area contributed by atoms with Gasteiger partial charge >= 0.3 is 0 Å². The summed E-state index contributed by atoms with van der Waals surface area (Å²) in [6.07, 6.45) is 7.06. The van der Waals surface area contributed by atoms with E-state index < -0.39 is 0 Å². The highest BCUT2D eigenvalue weighted by Gasteiger charge is 2.22. The molecule has 30 heavy (non-hydrogen) atoms. The van der Waals surface area contributed by atoms with E-state index in [0.717, 1.165) is 51.0 Å². The normalized spacial score (nSPS) is 13.9. The van der Waals surface area contributed by atoms with Crippen molar-refractivity contribution in [2.45, 2.75) is 46.1 Å². The Morgan fingerprint density at radius 1 is 1.23 bits per heavy atom. The van der Waals surface area contributed by atoms with E-state index in [-0.39, 0.29) is 11.8 Å². The molecular weight excluding hydrogens is 423 g/mol. The lowest BCUT2D eigenvalue weighted by Gasteiger charge is -2.18. The molecule has 0 atom stereocenters. The van der Waals surface area contributed by atoms with Crippen molar-refractivity contribution in [3.63, 3.8) is 0 Å². The number of carbonyl (C=O) groups excluding carboxylic acids is 2. The molecule has 3 rings (SSSR count). The third kappa shape index (κ3) is 5.24. The quantitative estimate of drug-likeness (QED) is 0.592. The summed E-state index contributed by atoms with van der Waals surface area (Å²) in [6.45, 7) is 6.16. The number of anilines is 1. The smallest absolute Gasteiger partial charge is 0.255 e. The molecule has 1 aromatic carbocycles. The van der Waals surface area contributed by atoms with Crippen LogP contribution in [0.1, 0.15) is 54.2 Å². The van der Waals surface area contributed by atoms with E-state index in [4.69, 9.17) is 23.2 Å². The van der Waals surface area contributed by atoms with Crippen LogP contribution in [-0.2, 0) is 11.3 Å². The second-order valence-corrected chi connectivity index (χ2v) is 8.17. The summed E-state index contributed by atoms with van der Waals surface area (Å²) in [6, 6.07) is 4.91. The summed E-state index contributed by atoms with van der Waals surface area (Å²) in [5, 5.41) is 8.17. The van der Waals surface area contributed by atoms with Crippen molar-refractivity contribution in [3.05, 3.63) is 51.3 Å². The van der Waals surface area contributed by atoms with E-state index in [1.807, 2.05) is 6.92 Å². The molecule has 0 radical (unpaired) electrons. The Kier molecular flexibility index (Phi) is 7.56. The zero-order valence-corrected chi connectivity index (χ0v) is 18.8. The highest BCUT2D eigenvalue weighted by Crippen LogP contribution is 2.25. The minimum Gasteiger partial charge on any atom is -0.339 e. The number of aromatic nitrogens is 2. The fourth-order valence-electron chi connectivity index (χ4n) is 3.44. The number of benzene rings is 1. The lowest BCUT2D eigenvalue weighted by molar-refractivity contribution is -0.111.